The highest BCUT2D eigenvalue weighted by Crippen LogP contribution is 2.26. The number of amides is 3. The number of rotatable bonds is 5. The Bertz CT molecular complexity index is 575. The van der Waals surface area contributed by atoms with Crippen molar-refractivity contribution in [3.8, 4) is 5.75 Å². The quantitative estimate of drug-likeness (QED) is 0.795. The molecule has 112 valence electrons. The summed E-state index contributed by atoms with van der Waals surface area (Å²) >= 11 is 0.949. The molecule has 1 aliphatic rings. The minimum absolute atomic E-state index is 0.0333. The molecule has 1 aromatic carbocycles. The third-order valence-corrected chi connectivity index (χ3v) is 3.76. The molecule has 1 fully saturated rings. The van der Waals surface area contributed by atoms with Crippen molar-refractivity contribution in [1.82, 2.24) is 4.90 Å². The van der Waals surface area contributed by atoms with Crippen LogP contribution in [-0.2, 0) is 9.59 Å². The topological polar surface area (TPSA) is 102 Å². The molecule has 1 heterocycles. The number of thioether (sulfide) groups is 1. The van der Waals surface area contributed by atoms with Gasteiger partial charge in [-0.15, -0.1) is 0 Å². The summed E-state index contributed by atoms with van der Waals surface area (Å²) in [6.45, 7) is 0.0772. The Hall–Kier alpha value is -2.22. The Labute approximate surface area is 125 Å². The molecule has 21 heavy (non-hydrogen) atoms. The molecular formula is C13H15N3O4S. The lowest BCUT2D eigenvalue weighted by molar-refractivity contribution is -0.125. The fourth-order valence-electron chi connectivity index (χ4n) is 1.83. The maximum Gasteiger partial charge on any atom is 0.288 e. The molecule has 0 spiro atoms. The van der Waals surface area contributed by atoms with Crippen LogP contribution in [0.3, 0.4) is 0 Å². The van der Waals surface area contributed by atoms with Crippen molar-refractivity contribution < 1.29 is 19.1 Å². The average molecular weight is 309 g/mol. The Morgan fingerprint density at radius 2 is 2.24 bits per heavy atom. The van der Waals surface area contributed by atoms with Crippen LogP contribution in [-0.4, -0.2) is 41.4 Å². The molecule has 1 aromatic rings. The van der Waals surface area contributed by atoms with Gasteiger partial charge in [-0.05, 0) is 12.1 Å². The van der Waals surface area contributed by atoms with E-state index >= 15 is 0 Å². The molecule has 2 rings (SSSR count). The van der Waals surface area contributed by atoms with Gasteiger partial charge in [0.2, 0.25) is 11.8 Å². The first-order chi connectivity index (χ1) is 10.0. The van der Waals surface area contributed by atoms with Crippen LogP contribution >= 0.6 is 11.8 Å². The summed E-state index contributed by atoms with van der Waals surface area (Å²) in [7, 11) is 1.48. The molecule has 7 nitrogen and oxygen atoms in total. The average Bonchev–Trinajstić information content (AvgIpc) is 2.77. The van der Waals surface area contributed by atoms with Gasteiger partial charge in [0.25, 0.3) is 5.24 Å². The largest absolute Gasteiger partial charge is 0.494 e. The van der Waals surface area contributed by atoms with E-state index in [2.05, 4.69) is 5.32 Å². The van der Waals surface area contributed by atoms with Gasteiger partial charge in [-0.3, -0.25) is 19.3 Å². The van der Waals surface area contributed by atoms with Crippen LogP contribution in [0, 0.1) is 0 Å². The number of carbonyl (C=O) groups excluding carboxylic acids is 3. The number of imide groups is 1. The van der Waals surface area contributed by atoms with Crippen molar-refractivity contribution in [2.45, 2.75) is 6.42 Å². The first-order valence-electron chi connectivity index (χ1n) is 6.21. The number of anilines is 2. The highest BCUT2D eigenvalue weighted by atomic mass is 32.2. The van der Waals surface area contributed by atoms with E-state index in [1.807, 2.05) is 0 Å². The minimum atomic E-state index is -0.310. The normalized spacial score (nSPS) is 14.4. The van der Waals surface area contributed by atoms with Gasteiger partial charge in [0.05, 0.1) is 18.6 Å². The standard InChI is InChI=1S/C13H15N3O4S/c1-20-10-6-8(14)2-3-9(10)15-11(17)4-5-16-12(18)7-21-13(16)19/h2-3,6H,4-5,7,14H2,1H3,(H,15,17). The molecule has 0 aromatic heterocycles. The fourth-order valence-corrected chi connectivity index (χ4v) is 2.59. The number of hydrogen-bond donors (Lipinski definition) is 2. The molecule has 0 unspecified atom stereocenters. The van der Waals surface area contributed by atoms with Gasteiger partial charge in [-0.25, -0.2) is 0 Å². The highest BCUT2D eigenvalue weighted by molar-refractivity contribution is 8.14. The molecule has 0 aliphatic carbocycles. The lowest BCUT2D eigenvalue weighted by atomic mass is 10.2. The third-order valence-electron chi connectivity index (χ3n) is 2.90. The van der Waals surface area contributed by atoms with Crippen LogP contribution < -0.4 is 15.8 Å². The molecule has 8 heteroatoms. The zero-order valence-electron chi connectivity index (χ0n) is 11.4. The van der Waals surface area contributed by atoms with Gasteiger partial charge in [0, 0.05) is 24.7 Å². The van der Waals surface area contributed by atoms with Crippen LogP contribution in [0.1, 0.15) is 6.42 Å². The summed E-state index contributed by atoms with van der Waals surface area (Å²) < 4.78 is 5.12. The van der Waals surface area contributed by atoms with Crippen LogP contribution in [0.5, 0.6) is 5.75 Å². The Kier molecular flexibility index (Phi) is 4.69. The zero-order valence-corrected chi connectivity index (χ0v) is 12.2. The van der Waals surface area contributed by atoms with E-state index in [0.717, 1.165) is 16.7 Å². The van der Waals surface area contributed by atoms with Crippen molar-refractivity contribution in [3.05, 3.63) is 18.2 Å². The van der Waals surface area contributed by atoms with Crippen molar-refractivity contribution in [3.63, 3.8) is 0 Å². The first-order valence-corrected chi connectivity index (χ1v) is 7.20. The first kappa shape index (κ1) is 15.2. The number of hydrogen-bond acceptors (Lipinski definition) is 6. The second-order valence-electron chi connectivity index (χ2n) is 4.36. The van der Waals surface area contributed by atoms with Gasteiger partial charge in [0.15, 0.2) is 0 Å². The molecule has 1 aliphatic heterocycles. The minimum Gasteiger partial charge on any atom is -0.494 e. The number of benzene rings is 1. The molecule has 0 bridgehead atoms. The predicted octanol–water partition coefficient (Wildman–Crippen LogP) is 1.30. The third kappa shape index (κ3) is 3.66. The number of carbonyl (C=O) groups is 3. The summed E-state index contributed by atoms with van der Waals surface area (Å²) in [6.07, 6.45) is 0.0333. The van der Waals surface area contributed by atoms with E-state index in [0.29, 0.717) is 17.1 Å². The monoisotopic (exact) mass is 309 g/mol. The van der Waals surface area contributed by atoms with Gasteiger partial charge in [0.1, 0.15) is 5.75 Å². The van der Waals surface area contributed by atoms with Crippen LogP contribution in [0.2, 0.25) is 0 Å². The maximum atomic E-state index is 11.9. The lowest BCUT2D eigenvalue weighted by Crippen LogP contribution is -2.31. The molecule has 1 saturated heterocycles. The molecular weight excluding hydrogens is 294 g/mol. The Morgan fingerprint density at radius 1 is 1.48 bits per heavy atom. The van der Waals surface area contributed by atoms with Gasteiger partial charge < -0.3 is 15.8 Å². The summed E-state index contributed by atoms with van der Waals surface area (Å²) in [5.41, 5.74) is 6.64. The predicted molar refractivity (Wildman–Crippen MR) is 80.2 cm³/mol. The number of nitrogen functional groups attached to an aromatic ring is 1. The number of ether oxygens (including phenoxy) is 1. The SMILES string of the molecule is COc1cc(N)ccc1NC(=O)CCN1C(=O)CSC1=O. The summed E-state index contributed by atoms with van der Waals surface area (Å²) in [5, 5.41) is 2.36. The van der Waals surface area contributed by atoms with Gasteiger partial charge >= 0.3 is 0 Å². The second kappa shape index (κ2) is 6.49. The van der Waals surface area contributed by atoms with E-state index < -0.39 is 0 Å². The maximum absolute atomic E-state index is 11.9. The summed E-state index contributed by atoms with van der Waals surface area (Å²) in [5.74, 6) is 0.0253. The van der Waals surface area contributed by atoms with Gasteiger partial charge in [-0.2, -0.15) is 0 Å². The molecule has 3 amide bonds. The van der Waals surface area contributed by atoms with E-state index in [4.69, 9.17) is 10.5 Å². The molecule has 0 saturated carbocycles. The van der Waals surface area contributed by atoms with E-state index in [9.17, 15) is 14.4 Å². The number of methoxy groups -OCH3 is 1. The Morgan fingerprint density at radius 3 is 2.86 bits per heavy atom. The fraction of sp³-hybridized carbons (Fsp3) is 0.308. The number of nitrogens with zero attached hydrogens (tertiary/aromatic N) is 1. The van der Waals surface area contributed by atoms with Crippen LogP contribution in [0.25, 0.3) is 0 Å². The van der Waals surface area contributed by atoms with E-state index in [1.54, 1.807) is 18.2 Å². The van der Waals surface area contributed by atoms with Gasteiger partial charge in [-0.1, -0.05) is 11.8 Å². The number of nitrogens with one attached hydrogen (secondary N) is 1. The Balaban J connectivity index is 1.93. The molecule has 0 atom stereocenters. The van der Waals surface area contributed by atoms with E-state index in [-0.39, 0.29) is 35.8 Å². The summed E-state index contributed by atoms with van der Waals surface area (Å²) in [6, 6.07) is 4.87. The van der Waals surface area contributed by atoms with Crippen molar-refractivity contribution >= 4 is 40.2 Å². The molecule has 3 N–H and O–H groups in total. The lowest BCUT2D eigenvalue weighted by Gasteiger charge is -2.14. The summed E-state index contributed by atoms with van der Waals surface area (Å²) in [4.78, 5) is 35.8. The molecule has 0 radical (unpaired) electrons. The zero-order chi connectivity index (χ0) is 15.4. The smallest absolute Gasteiger partial charge is 0.288 e. The number of nitrogens with two attached hydrogens (primary N) is 1. The van der Waals surface area contributed by atoms with E-state index in [1.165, 1.54) is 7.11 Å². The highest BCUT2D eigenvalue weighted by Gasteiger charge is 2.29. The van der Waals surface area contributed by atoms with Crippen molar-refractivity contribution in [2.24, 2.45) is 0 Å². The second-order valence-corrected chi connectivity index (χ2v) is 5.28. The van der Waals surface area contributed by atoms with Crippen LogP contribution in [0.4, 0.5) is 16.2 Å². The van der Waals surface area contributed by atoms with Crippen molar-refractivity contribution in [1.29, 1.82) is 0 Å². The van der Waals surface area contributed by atoms with Crippen molar-refractivity contribution in [2.75, 3.05) is 30.5 Å². The van der Waals surface area contributed by atoms with Crippen LogP contribution in [0.15, 0.2) is 18.2 Å².